The SMILES string of the molecule is CC/C=C\C/C=C\C/C=C\C/C=C\C/C=C\CCCCCCCC(=O)OCC(COC(=O)CCCCCCC)OC(=O)CC/C=C\C/C=C\C/C=C\C/C=C\CC. The van der Waals surface area contributed by atoms with Crippen LogP contribution >= 0.6 is 0 Å². The molecule has 6 heteroatoms. The predicted octanol–water partition coefficient (Wildman–Crippen LogP) is 14.4. The summed E-state index contributed by atoms with van der Waals surface area (Å²) < 4.78 is 16.5. The lowest BCUT2D eigenvalue weighted by Gasteiger charge is -2.18. The molecule has 0 rings (SSSR count). The van der Waals surface area contributed by atoms with Crippen LogP contribution in [0.4, 0.5) is 0 Å². The minimum Gasteiger partial charge on any atom is -0.462 e. The van der Waals surface area contributed by atoms with E-state index < -0.39 is 12.1 Å². The average molecular weight is 789 g/mol. The van der Waals surface area contributed by atoms with Gasteiger partial charge in [-0.15, -0.1) is 0 Å². The normalized spacial score (nSPS) is 13.1. The van der Waals surface area contributed by atoms with Crippen LogP contribution in [-0.4, -0.2) is 37.2 Å². The average Bonchev–Trinajstić information content (AvgIpc) is 3.21. The molecule has 0 spiro atoms. The molecule has 0 fully saturated rings. The van der Waals surface area contributed by atoms with Crippen molar-refractivity contribution in [2.75, 3.05) is 13.2 Å². The van der Waals surface area contributed by atoms with Crippen LogP contribution in [0.15, 0.2) is 109 Å². The molecule has 0 aromatic carbocycles. The maximum atomic E-state index is 12.6. The highest BCUT2D eigenvalue weighted by Gasteiger charge is 2.19. The summed E-state index contributed by atoms with van der Waals surface area (Å²) in [5.41, 5.74) is 0. The van der Waals surface area contributed by atoms with Gasteiger partial charge in [0.05, 0.1) is 0 Å². The first kappa shape index (κ1) is 53.1. The monoisotopic (exact) mass is 789 g/mol. The second kappa shape index (κ2) is 44.8. The fourth-order valence-corrected chi connectivity index (χ4v) is 5.48. The zero-order valence-corrected chi connectivity index (χ0v) is 36.3. The summed E-state index contributed by atoms with van der Waals surface area (Å²) in [6, 6.07) is 0. The third kappa shape index (κ3) is 43.0. The van der Waals surface area contributed by atoms with E-state index in [2.05, 4.69) is 118 Å². The van der Waals surface area contributed by atoms with Gasteiger partial charge in [-0.05, 0) is 89.9 Å². The molecular weight excluding hydrogens is 709 g/mol. The van der Waals surface area contributed by atoms with Gasteiger partial charge in [-0.1, -0.05) is 175 Å². The summed E-state index contributed by atoms with van der Waals surface area (Å²) >= 11 is 0. The second-order valence-corrected chi connectivity index (χ2v) is 14.2. The zero-order valence-electron chi connectivity index (χ0n) is 36.3. The van der Waals surface area contributed by atoms with Gasteiger partial charge in [-0.2, -0.15) is 0 Å². The number of hydrogen-bond donors (Lipinski definition) is 0. The Morgan fingerprint density at radius 3 is 1.14 bits per heavy atom. The third-order valence-electron chi connectivity index (χ3n) is 8.79. The molecule has 0 aliphatic heterocycles. The molecule has 0 heterocycles. The number of esters is 3. The third-order valence-corrected chi connectivity index (χ3v) is 8.79. The summed E-state index contributed by atoms with van der Waals surface area (Å²) in [7, 11) is 0. The van der Waals surface area contributed by atoms with Crippen LogP contribution in [0.3, 0.4) is 0 Å². The number of unbranched alkanes of at least 4 members (excludes halogenated alkanes) is 9. The minimum absolute atomic E-state index is 0.116. The highest BCUT2D eigenvalue weighted by Crippen LogP contribution is 2.11. The molecule has 0 N–H and O–H groups in total. The Morgan fingerprint density at radius 2 is 0.719 bits per heavy atom. The molecule has 0 bridgehead atoms. The summed E-state index contributed by atoms with van der Waals surface area (Å²) in [4.78, 5) is 37.4. The number of allylic oxidation sites excluding steroid dienone is 18. The second-order valence-electron chi connectivity index (χ2n) is 14.2. The van der Waals surface area contributed by atoms with Gasteiger partial charge in [-0.3, -0.25) is 14.4 Å². The van der Waals surface area contributed by atoms with E-state index in [1.807, 2.05) is 12.2 Å². The molecule has 0 radical (unpaired) electrons. The number of carbonyl (C=O) groups is 3. The Bertz CT molecular complexity index is 1230. The number of carbonyl (C=O) groups excluding carboxylic acids is 3. The molecular formula is C51H80O6. The van der Waals surface area contributed by atoms with Crippen molar-refractivity contribution in [1.29, 1.82) is 0 Å². The van der Waals surface area contributed by atoms with Crippen LogP contribution in [0.2, 0.25) is 0 Å². The minimum atomic E-state index is -0.820. The van der Waals surface area contributed by atoms with E-state index in [0.29, 0.717) is 19.3 Å². The summed E-state index contributed by atoms with van der Waals surface area (Å²) in [5, 5.41) is 0. The molecule has 0 aromatic rings. The number of rotatable bonds is 38. The Labute approximate surface area is 349 Å². The van der Waals surface area contributed by atoms with Gasteiger partial charge >= 0.3 is 17.9 Å². The van der Waals surface area contributed by atoms with Gasteiger partial charge in [0.25, 0.3) is 0 Å². The van der Waals surface area contributed by atoms with E-state index >= 15 is 0 Å². The van der Waals surface area contributed by atoms with Crippen molar-refractivity contribution in [3.63, 3.8) is 0 Å². The van der Waals surface area contributed by atoms with E-state index in [1.165, 1.54) is 0 Å². The van der Waals surface area contributed by atoms with Crippen LogP contribution in [0.25, 0.3) is 0 Å². The molecule has 0 saturated heterocycles. The van der Waals surface area contributed by atoms with E-state index in [1.54, 1.807) is 0 Å². The molecule has 1 atom stereocenters. The van der Waals surface area contributed by atoms with Gasteiger partial charge in [0.2, 0.25) is 0 Å². The van der Waals surface area contributed by atoms with Gasteiger partial charge < -0.3 is 14.2 Å². The van der Waals surface area contributed by atoms with Crippen LogP contribution in [0, 0.1) is 0 Å². The van der Waals surface area contributed by atoms with Crippen molar-refractivity contribution in [2.24, 2.45) is 0 Å². The van der Waals surface area contributed by atoms with Crippen molar-refractivity contribution in [1.82, 2.24) is 0 Å². The van der Waals surface area contributed by atoms with Crippen LogP contribution in [0.1, 0.15) is 175 Å². The zero-order chi connectivity index (χ0) is 41.5. The van der Waals surface area contributed by atoms with Crippen molar-refractivity contribution < 1.29 is 28.6 Å². The Morgan fingerprint density at radius 1 is 0.368 bits per heavy atom. The maximum Gasteiger partial charge on any atom is 0.306 e. The van der Waals surface area contributed by atoms with Gasteiger partial charge in [0.1, 0.15) is 13.2 Å². The van der Waals surface area contributed by atoms with Crippen LogP contribution < -0.4 is 0 Å². The molecule has 1 unspecified atom stereocenters. The first-order valence-electron chi connectivity index (χ1n) is 22.4. The molecule has 57 heavy (non-hydrogen) atoms. The largest absolute Gasteiger partial charge is 0.462 e. The highest BCUT2D eigenvalue weighted by molar-refractivity contribution is 5.71. The molecule has 320 valence electrons. The van der Waals surface area contributed by atoms with Crippen LogP contribution in [-0.2, 0) is 28.6 Å². The fourth-order valence-electron chi connectivity index (χ4n) is 5.48. The molecule has 0 saturated carbocycles. The van der Waals surface area contributed by atoms with Gasteiger partial charge in [0, 0.05) is 19.3 Å². The van der Waals surface area contributed by atoms with Gasteiger partial charge in [-0.25, -0.2) is 0 Å². The molecule has 0 aliphatic rings. The summed E-state index contributed by atoms with van der Waals surface area (Å²) in [5.74, 6) is -1.05. The predicted molar refractivity (Wildman–Crippen MR) is 242 cm³/mol. The smallest absolute Gasteiger partial charge is 0.306 e. The first-order valence-corrected chi connectivity index (χ1v) is 22.4. The van der Waals surface area contributed by atoms with Crippen LogP contribution in [0.5, 0.6) is 0 Å². The van der Waals surface area contributed by atoms with E-state index in [-0.39, 0.29) is 31.6 Å². The highest BCUT2D eigenvalue weighted by atomic mass is 16.6. The maximum absolute atomic E-state index is 12.6. The number of ether oxygens (including phenoxy) is 3. The lowest BCUT2D eigenvalue weighted by molar-refractivity contribution is -0.166. The van der Waals surface area contributed by atoms with E-state index in [4.69, 9.17) is 14.2 Å². The van der Waals surface area contributed by atoms with Crippen molar-refractivity contribution in [3.05, 3.63) is 109 Å². The Kier molecular flexibility index (Phi) is 41.7. The first-order chi connectivity index (χ1) is 28.0. The van der Waals surface area contributed by atoms with E-state index in [9.17, 15) is 14.4 Å². The molecule has 6 nitrogen and oxygen atoms in total. The Hall–Kier alpha value is -3.93. The van der Waals surface area contributed by atoms with Crippen molar-refractivity contribution >= 4 is 17.9 Å². The fraction of sp³-hybridized carbons (Fsp3) is 0.588. The van der Waals surface area contributed by atoms with Crippen molar-refractivity contribution in [3.8, 4) is 0 Å². The lowest BCUT2D eigenvalue weighted by atomic mass is 10.1. The summed E-state index contributed by atoms with van der Waals surface area (Å²) in [6.45, 7) is 6.20. The molecule has 0 aromatic heterocycles. The molecule has 0 aliphatic carbocycles. The lowest BCUT2D eigenvalue weighted by Crippen LogP contribution is -2.30. The number of hydrogen-bond acceptors (Lipinski definition) is 6. The summed E-state index contributed by atoms with van der Waals surface area (Å²) in [6.07, 6.45) is 59.8. The van der Waals surface area contributed by atoms with Gasteiger partial charge in [0.15, 0.2) is 6.10 Å². The standard InChI is InChI=1S/C51H80O6/c1-4-7-10-13-15-17-19-21-22-23-24-25-26-27-28-30-31-33-35-38-41-44-50(53)56-47-48(46-55-49(52)43-40-37-12-9-6-3)57-51(54)45-42-39-36-34-32-29-20-18-16-14-11-8-5-2/h7-8,10-11,15-18,21-22,24-25,27-29,32,36,39,48H,4-6,9,12-14,19-20,23,26,30-31,33-35,37-38,40-47H2,1-3H3/b10-7-,11-8-,17-15-,18-16-,22-21-,25-24-,28-27-,32-29-,39-36-. The van der Waals surface area contributed by atoms with Crippen molar-refractivity contribution in [2.45, 2.75) is 181 Å². The molecule has 0 amide bonds. The van der Waals surface area contributed by atoms with E-state index in [0.717, 1.165) is 128 Å². The quantitative estimate of drug-likeness (QED) is 0.0268. The topological polar surface area (TPSA) is 78.9 Å². The Balaban J connectivity index is 4.34.